The highest BCUT2D eigenvalue weighted by atomic mass is 32.2. The molecule has 3 aliphatic carbocycles. The molecule has 0 unspecified atom stereocenters. The van der Waals surface area contributed by atoms with E-state index in [1.807, 2.05) is 44.2 Å². The fourth-order valence-corrected chi connectivity index (χ4v) is 5.44. The molecule has 1 saturated heterocycles. The normalized spacial score (nSPS) is 20.7. The average Bonchev–Trinajstić information content (AvgIpc) is 3.80. The maximum atomic E-state index is 13.4. The Bertz CT molecular complexity index is 1070. The first-order valence-corrected chi connectivity index (χ1v) is 14.6. The van der Waals surface area contributed by atoms with Crippen molar-refractivity contribution in [3.63, 3.8) is 0 Å². The second-order valence-electron chi connectivity index (χ2n) is 10.9. The molecule has 2 N–H and O–H groups in total. The van der Waals surface area contributed by atoms with Gasteiger partial charge in [0.1, 0.15) is 5.82 Å². The Kier molecular flexibility index (Phi) is 7.38. The van der Waals surface area contributed by atoms with Crippen LogP contribution in [-0.2, 0) is 0 Å². The average molecular weight is 509 g/mol. The number of piperidine rings is 1. The summed E-state index contributed by atoms with van der Waals surface area (Å²) in [5.41, 5.74) is 3.37. The molecule has 0 radical (unpaired) electrons. The number of hydrogen-bond donors (Lipinski definition) is 2. The number of nitrogens with zero attached hydrogens (tertiary/aromatic N) is 2. The molecule has 0 atom stereocenters. The number of hydrogen-bond acceptors (Lipinski definition) is 6. The third kappa shape index (κ3) is 6.28. The molecule has 4 fully saturated rings. The summed E-state index contributed by atoms with van der Waals surface area (Å²) < 4.78 is 9.68. The van der Waals surface area contributed by atoms with Gasteiger partial charge >= 0.3 is 0 Å². The van der Waals surface area contributed by atoms with E-state index in [1.165, 1.54) is 51.4 Å². The number of benzene rings is 1. The van der Waals surface area contributed by atoms with Gasteiger partial charge in [-0.3, -0.25) is 4.79 Å². The van der Waals surface area contributed by atoms with Crippen LogP contribution < -0.4 is 19.7 Å². The van der Waals surface area contributed by atoms with Gasteiger partial charge in [0.25, 0.3) is 5.91 Å². The maximum absolute atomic E-state index is 13.4. The van der Waals surface area contributed by atoms with Crippen LogP contribution in [0.4, 0.5) is 17.2 Å². The lowest BCUT2D eigenvalue weighted by atomic mass is 9.93. The molecule has 1 amide bonds. The van der Waals surface area contributed by atoms with Crippen LogP contribution in [0.1, 0.15) is 82.5 Å². The SMILES string of the molecule is CC.CC1(SNc2ccc(C(=O)Nc3cccc(OCC4CC4)n3)c(N3CCC4(CC3)CC4)c2)CC1. The lowest BCUT2D eigenvalue weighted by Crippen LogP contribution is -2.35. The van der Waals surface area contributed by atoms with E-state index in [1.54, 1.807) is 11.9 Å². The van der Waals surface area contributed by atoms with Crippen LogP contribution >= 0.6 is 11.9 Å². The van der Waals surface area contributed by atoms with Gasteiger partial charge in [-0.15, -0.1) is 0 Å². The van der Waals surface area contributed by atoms with Crippen LogP contribution in [-0.4, -0.2) is 35.3 Å². The van der Waals surface area contributed by atoms with Gasteiger partial charge in [0.2, 0.25) is 5.88 Å². The van der Waals surface area contributed by atoms with Crippen molar-refractivity contribution >= 4 is 35.0 Å². The summed E-state index contributed by atoms with van der Waals surface area (Å²) in [5.74, 6) is 1.64. The molecule has 3 saturated carbocycles. The van der Waals surface area contributed by atoms with Gasteiger partial charge in [0, 0.05) is 29.6 Å². The molecule has 6 nitrogen and oxygen atoms in total. The predicted octanol–water partition coefficient (Wildman–Crippen LogP) is 7.14. The summed E-state index contributed by atoms with van der Waals surface area (Å²) in [6, 6.07) is 11.7. The van der Waals surface area contributed by atoms with Crippen LogP contribution in [0.25, 0.3) is 0 Å². The van der Waals surface area contributed by atoms with Gasteiger partial charge < -0.3 is 19.7 Å². The second kappa shape index (κ2) is 10.5. The molecule has 194 valence electrons. The van der Waals surface area contributed by atoms with Gasteiger partial charge in [-0.1, -0.05) is 19.9 Å². The lowest BCUT2D eigenvalue weighted by Gasteiger charge is -2.35. The molecule has 36 heavy (non-hydrogen) atoms. The monoisotopic (exact) mass is 508 g/mol. The zero-order valence-corrected chi connectivity index (χ0v) is 22.8. The smallest absolute Gasteiger partial charge is 0.258 e. The van der Waals surface area contributed by atoms with E-state index < -0.39 is 0 Å². The second-order valence-corrected chi connectivity index (χ2v) is 12.3. The summed E-state index contributed by atoms with van der Waals surface area (Å²) in [6.45, 7) is 9.02. The Morgan fingerprint density at radius 1 is 1.08 bits per heavy atom. The molecular weight excluding hydrogens is 468 g/mol. The number of rotatable bonds is 9. The fourth-order valence-electron chi connectivity index (χ4n) is 4.64. The quantitative estimate of drug-likeness (QED) is 0.351. The van der Waals surface area contributed by atoms with E-state index >= 15 is 0 Å². The van der Waals surface area contributed by atoms with Crippen LogP contribution in [0.5, 0.6) is 5.88 Å². The number of nitrogens with one attached hydrogen (secondary N) is 2. The highest BCUT2D eigenvalue weighted by Gasteiger charge is 2.44. The zero-order valence-electron chi connectivity index (χ0n) is 21.9. The number of carbonyl (C=O) groups excluding carboxylic acids is 1. The van der Waals surface area contributed by atoms with Gasteiger partial charge in [-0.05, 0) is 106 Å². The van der Waals surface area contributed by atoms with Crippen LogP contribution in [0.3, 0.4) is 0 Å². The summed E-state index contributed by atoms with van der Waals surface area (Å²) in [7, 11) is 0. The van der Waals surface area contributed by atoms with E-state index in [9.17, 15) is 4.79 Å². The summed E-state index contributed by atoms with van der Waals surface area (Å²) >= 11 is 1.80. The standard InChI is InChI=1S/C27H34N4O2S.C2H6/c1-26(9-10-26)34-30-20-7-8-21(22(17-20)31-15-13-27(11-12-27)14-16-31)25(32)29-23-3-2-4-24(28-23)33-18-19-5-6-19;1-2/h2-4,7-8,17,19,30H,5-6,9-16,18H2,1H3,(H,28,29,32);1-2H3. The van der Waals surface area contributed by atoms with E-state index in [0.717, 1.165) is 24.5 Å². The number of anilines is 3. The molecule has 4 aliphatic rings. The van der Waals surface area contributed by atoms with Crippen molar-refractivity contribution in [3.8, 4) is 5.88 Å². The molecule has 0 bridgehead atoms. The summed E-state index contributed by atoms with van der Waals surface area (Å²) in [6.07, 6.45) is 10.2. The Hall–Kier alpha value is -2.41. The molecule has 1 spiro atoms. The molecule has 2 aromatic rings. The molecule has 1 aromatic heterocycles. The first kappa shape index (κ1) is 25.2. The van der Waals surface area contributed by atoms with E-state index in [4.69, 9.17) is 4.74 Å². The highest BCUT2D eigenvalue weighted by Crippen LogP contribution is 2.54. The lowest BCUT2D eigenvalue weighted by molar-refractivity contribution is 0.102. The van der Waals surface area contributed by atoms with Gasteiger partial charge in [-0.25, -0.2) is 0 Å². The topological polar surface area (TPSA) is 66.5 Å². The minimum atomic E-state index is -0.123. The van der Waals surface area contributed by atoms with Crippen molar-refractivity contribution < 1.29 is 9.53 Å². The van der Waals surface area contributed by atoms with Crippen LogP contribution in [0.15, 0.2) is 36.4 Å². The van der Waals surface area contributed by atoms with Crippen LogP contribution in [0, 0.1) is 11.3 Å². The first-order chi connectivity index (χ1) is 17.5. The number of pyridine rings is 1. The van der Waals surface area contributed by atoms with Gasteiger partial charge in [-0.2, -0.15) is 4.98 Å². The Balaban J connectivity index is 0.00000130. The van der Waals surface area contributed by atoms with E-state index in [0.29, 0.717) is 39.9 Å². The van der Waals surface area contributed by atoms with Crippen molar-refractivity contribution in [2.75, 3.05) is 34.6 Å². The molecule has 2 heterocycles. The zero-order chi connectivity index (χ0) is 25.2. The maximum Gasteiger partial charge on any atom is 0.258 e. The minimum absolute atomic E-state index is 0.123. The summed E-state index contributed by atoms with van der Waals surface area (Å²) in [5, 5.41) is 3.01. The Morgan fingerprint density at radius 3 is 2.50 bits per heavy atom. The first-order valence-electron chi connectivity index (χ1n) is 13.7. The Morgan fingerprint density at radius 2 is 1.83 bits per heavy atom. The fraction of sp³-hybridized carbons (Fsp3) is 0.586. The Labute approximate surface area is 220 Å². The van der Waals surface area contributed by atoms with Crippen molar-refractivity contribution in [1.29, 1.82) is 0 Å². The number of carbonyl (C=O) groups is 1. The van der Waals surface area contributed by atoms with Crippen molar-refractivity contribution in [3.05, 3.63) is 42.0 Å². The van der Waals surface area contributed by atoms with Crippen LogP contribution in [0.2, 0.25) is 0 Å². The van der Waals surface area contributed by atoms with Crippen molar-refractivity contribution in [2.45, 2.75) is 76.9 Å². The third-order valence-electron chi connectivity index (χ3n) is 7.86. The largest absolute Gasteiger partial charge is 0.477 e. The van der Waals surface area contributed by atoms with E-state index in [2.05, 4.69) is 32.9 Å². The van der Waals surface area contributed by atoms with Gasteiger partial charge in [0.05, 0.1) is 17.9 Å². The third-order valence-corrected chi connectivity index (χ3v) is 9.10. The molecular formula is C29H40N4O2S. The highest BCUT2D eigenvalue weighted by molar-refractivity contribution is 8.02. The predicted molar refractivity (Wildman–Crippen MR) is 150 cm³/mol. The molecule has 1 aliphatic heterocycles. The number of amides is 1. The number of aromatic nitrogens is 1. The van der Waals surface area contributed by atoms with Crippen molar-refractivity contribution in [2.24, 2.45) is 11.3 Å². The van der Waals surface area contributed by atoms with E-state index in [-0.39, 0.29) is 5.91 Å². The molecule has 7 heteroatoms. The summed E-state index contributed by atoms with van der Waals surface area (Å²) in [4.78, 5) is 20.3. The number of ether oxygens (including phenoxy) is 1. The molecule has 1 aromatic carbocycles. The minimum Gasteiger partial charge on any atom is -0.477 e. The van der Waals surface area contributed by atoms with Crippen molar-refractivity contribution in [1.82, 2.24) is 4.98 Å². The molecule has 6 rings (SSSR count). The van der Waals surface area contributed by atoms with Gasteiger partial charge in [0.15, 0.2) is 0 Å².